The highest BCUT2D eigenvalue weighted by atomic mass is 16.3. The fourth-order valence-corrected chi connectivity index (χ4v) is 3.03. The summed E-state index contributed by atoms with van der Waals surface area (Å²) in [5.74, 6) is 1.07. The Balaban J connectivity index is 1.78. The highest BCUT2D eigenvalue weighted by molar-refractivity contribution is 5.66. The van der Waals surface area contributed by atoms with E-state index in [-0.39, 0.29) is 11.5 Å². The number of pyridine rings is 1. The molecule has 2 N–H and O–H groups in total. The first-order chi connectivity index (χ1) is 9.09. The van der Waals surface area contributed by atoms with E-state index in [1.54, 1.807) is 0 Å². The number of aromatic nitrogens is 1. The highest BCUT2D eigenvalue weighted by Gasteiger charge is 2.47. The maximum atomic E-state index is 9.84. The number of hydrogen-bond donors (Lipinski definition) is 2. The second-order valence-corrected chi connectivity index (χ2v) is 6.34. The predicted octanol–water partition coefficient (Wildman–Crippen LogP) is 2.25. The molecule has 0 spiro atoms. The largest absolute Gasteiger partial charge is 0.392 e. The van der Waals surface area contributed by atoms with E-state index in [1.165, 1.54) is 12.8 Å². The van der Waals surface area contributed by atoms with Crippen LogP contribution in [0.2, 0.25) is 0 Å². The van der Waals surface area contributed by atoms with Gasteiger partial charge in [-0.2, -0.15) is 0 Å². The molecule has 1 aliphatic carbocycles. The summed E-state index contributed by atoms with van der Waals surface area (Å²) in [4.78, 5) is 6.89. The fraction of sp³-hybridized carbons (Fsp3) is 0.667. The van der Waals surface area contributed by atoms with E-state index in [9.17, 15) is 5.11 Å². The van der Waals surface area contributed by atoms with Gasteiger partial charge in [-0.1, -0.05) is 13.8 Å². The molecular formula is C15H23N3O. The minimum absolute atomic E-state index is 0.0574. The molecule has 2 atom stereocenters. The Labute approximate surface area is 114 Å². The van der Waals surface area contributed by atoms with Crippen molar-refractivity contribution in [3.05, 3.63) is 18.3 Å². The second kappa shape index (κ2) is 4.67. The lowest BCUT2D eigenvalue weighted by molar-refractivity contribution is -0.0510. The van der Waals surface area contributed by atoms with Gasteiger partial charge in [0.25, 0.3) is 0 Å². The Hall–Kier alpha value is -1.29. The SMILES string of the molecule is CC1(C)C(O)CC1Nc1cccnc1N1CCCC1. The van der Waals surface area contributed by atoms with Crippen LogP contribution in [0.25, 0.3) is 0 Å². The topological polar surface area (TPSA) is 48.4 Å². The zero-order valence-electron chi connectivity index (χ0n) is 11.8. The smallest absolute Gasteiger partial charge is 0.151 e. The standard InChI is InChI=1S/C15H23N3O/c1-15(2)12(10-13(15)19)17-11-6-5-7-16-14(11)18-8-3-4-9-18/h5-7,12-13,17,19H,3-4,8-10H2,1-2H3. The molecule has 1 aromatic rings. The number of aliphatic hydroxyl groups is 1. The van der Waals surface area contributed by atoms with E-state index in [0.29, 0.717) is 6.04 Å². The number of aliphatic hydroxyl groups excluding tert-OH is 1. The summed E-state index contributed by atoms with van der Waals surface area (Å²) >= 11 is 0. The maximum Gasteiger partial charge on any atom is 0.151 e. The molecule has 19 heavy (non-hydrogen) atoms. The number of nitrogens with zero attached hydrogens (tertiary/aromatic N) is 2. The van der Waals surface area contributed by atoms with E-state index in [4.69, 9.17) is 0 Å². The number of anilines is 2. The van der Waals surface area contributed by atoms with Crippen LogP contribution in [-0.2, 0) is 0 Å². The molecule has 1 aromatic heterocycles. The van der Waals surface area contributed by atoms with Gasteiger partial charge in [-0.05, 0) is 31.4 Å². The third-order valence-corrected chi connectivity index (χ3v) is 4.74. The van der Waals surface area contributed by atoms with Crippen LogP contribution in [0.3, 0.4) is 0 Å². The lowest BCUT2D eigenvalue weighted by Crippen LogP contribution is -2.57. The first-order valence-corrected chi connectivity index (χ1v) is 7.23. The van der Waals surface area contributed by atoms with Crippen LogP contribution in [0.4, 0.5) is 11.5 Å². The quantitative estimate of drug-likeness (QED) is 0.876. The third-order valence-electron chi connectivity index (χ3n) is 4.74. The van der Waals surface area contributed by atoms with E-state index >= 15 is 0 Å². The summed E-state index contributed by atoms with van der Waals surface area (Å²) in [6.07, 6.45) is 4.99. The first-order valence-electron chi connectivity index (χ1n) is 7.23. The second-order valence-electron chi connectivity index (χ2n) is 6.34. The van der Waals surface area contributed by atoms with Gasteiger partial charge in [0.05, 0.1) is 11.8 Å². The van der Waals surface area contributed by atoms with Crippen LogP contribution < -0.4 is 10.2 Å². The van der Waals surface area contributed by atoms with Crippen molar-refractivity contribution >= 4 is 11.5 Å². The van der Waals surface area contributed by atoms with Gasteiger partial charge in [-0.15, -0.1) is 0 Å². The van der Waals surface area contributed by atoms with Gasteiger partial charge in [0.15, 0.2) is 5.82 Å². The van der Waals surface area contributed by atoms with Crippen molar-refractivity contribution in [1.82, 2.24) is 4.98 Å². The average Bonchev–Trinajstić information content (AvgIpc) is 2.93. The molecular weight excluding hydrogens is 238 g/mol. The van der Waals surface area contributed by atoms with Crippen molar-refractivity contribution in [2.75, 3.05) is 23.3 Å². The lowest BCUT2D eigenvalue weighted by atomic mass is 9.64. The highest BCUT2D eigenvalue weighted by Crippen LogP contribution is 2.43. The van der Waals surface area contributed by atoms with Crippen molar-refractivity contribution in [2.24, 2.45) is 5.41 Å². The van der Waals surface area contributed by atoms with Crippen LogP contribution in [0.15, 0.2) is 18.3 Å². The molecule has 0 bridgehead atoms. The van der Waals surface area contributed by atoms with Crippen molar-refractivity contribution in [3.63, 3.8) is 0 Å². The van der Waals surface area contributed by atoms with E-state index < -0.39 is 0 Å². The normalized spacial score (nSPS) is 29.1. The monoisotopic (exact) mass is 261 g/mol. The van der Waals surface area contributed by atoms with Crippen LogP contribution >= 0.6 is 0 Å². The van der Waals surface area contributed by atoms with Crippen molar-refractivity contribution in [1.29, 1.82) is 0 Å². The van der Waals surface area contributed by atoms with Gasteiger partial charge in [-0.3, -0.25) is 0 Å². The Kier molecular flexibility index (Phi) is 3.13. The minimum atomic E-state index is -0.197. The first kappa shape index (κ1) is 12.7. The minimum Gasteiger partial charge on any atom is -0.392 e. The summed E-state index contributed by atoms with van der Waals surface area (Å²) in [5, 5.41) is 13.4. The summed E-state index contributed by atoms with van der Waals surface area (Å²) in [6.45, 7) is 6.43. The zero-order chi connectivity index (χ0) is 13.5. The van der Waals surface area contributed by atoms with Crippen LogP contribution in [0.1, 0.15) is 33.1 Å². The molecule has 1 saturated heterocycles. The van der Waals surface area contributed by atoms with Gasteiger partial charge < -0.3 is 15.3 Å². The predicted molar refractivity (Wildman–Crippen MR) is 77.5 cm³/mol. The molecule has 1 saturated carbocycles. The van der Waals surface area contributed by atoms with Gasteiger partial charge >= 0.3 is 0 Å². The van der Waals surface area contributed by atoms with Crippen LogP contribution in [0.5, 0.6) is 0 Å². The Morgan fingerprint density at radius 2 is 2.11 bits per heavy atom. The van der Waals surface area contributed by atoms with Crippen molar-refractivity contribution in [2.45, 2.75) is 45.3 Å². The molecule has 4 heteroatoms. The molecule has 0 radical (unpaired) electrons. The molecule has 2 fully saturated rings. The summed E-state index contributed by atoms with van der Waals surface area (Å²) in [7, 11) is 0. The Morgan fingerprint density at radius 3 is 2.74 bits per heavy atom. The van der Waals surface area contributed by atoms with Gasteiger partial charge in [0.2, 0.25) is 0 Å². The molecule has 0 amide bonds. The lowest BCUT2D eigenvalue weighted by Gasteiger charge is -2.50. The van der Waals surface area contributed by atoms with Gasteiger partial charge in [-0.25, -0.2) is 4.98 Å². The third kappa shape index (κ3) is 2.18. The molecule has 3 rings (SSSR count). The molecule has 2 heterocycles. The average molecular weight is 261 g/mol. The number of hydrogen-bond acceptors (Lipinski definition) is 4. The summed E-state index contributed by atoms with van der Waals surface area (Å²) in [6, 6.07) is 4.40. The molecule has 4 nitrogen and oxygen atoms in total. The zero-order valence-corrected chi connectivity index (χ0v) is 11.8. The fourth-order valence-electron chi connectivity index (χ4n) is 3.03. The molecule has 104 valence electrons. The van der Waals surface area contributed by atoms with Crippen LogP contribution in [0, 0.1) is 5.41 Å². The van der Waals surface area contributed by atoms with Crippen molar-refractivity contribution in [3.8, 4) is 0 Å². The summed E-state index contributed by atoms with van der Waals surface area (Å²) < 4.78 is 0. The Morgan fingerprint density at radius 1 is 1.37 bits per heavy atom. The Bertz CT molecular complexity index is 454. The molecule has 2 unspecified atom stereocenters. The number of rotatable bonds is 3. The van der Waals surface area contributed by atoms with E-state index in [1.807, 2.05) is 12.3 Å². The molecule has 0 aromatic carbocycles. The van der Waals surface area contributed by atoms with Gasteiger partial charge in [0, 0.05) is 30.7 Å². The molecule has 1 aliphatic heterocycles. The van der Waals surface area contributed by atoms with Gasteiger partial charge in [0.1, 0.15) is 0 Å². The summed E-state index contributed by atoms with van der Waals surface area (Å²) in [5.41, 5.74) is 1.05. The molecule has 2 aliphatic rings. The van der Waals surface area contributed by atoms with E-state index in [0.717, 1.165) is 31.0 Å². The van der Waals surface area contributed by atoms with Crippen molar-refractivity contribution < 1.29 is 5.11 Å². The maximum absolute atomic E-state index is 9.84. The number of nitrogens with one attached hydrogen (secondary N) is 1. The van der Waals surface area contributed by atoms with E-state index in [2.05, 4.69) is 35.1 Å². The van der Waals surface area contributed by atoms with Crippen LogP contribution in [-0.4, -0.2) is 35.3 Å².